The van der Waals surface area contributed by atoms with Gasteiger partial charge in [-0.3, -0.25) is 24.2 Å². The first kappa shape index (κ1) is 24.3. The van der Waals surface area contributed by atoms with Gasteiger partial charge in [0.25, 0.3) is 5.56 Å². The van der Waals surface area contributed by atoms with Gasteiger partial charge in [-0.05, 0) is 30.7 Å². The van der Waals surface area contributed by atoms with Gasteiger partial charge >= 0.3 is 11.9 Å². The van der Waals surface area contributed by atoms with Crippen molar-refractivity contribution in [2.24, 2.45) is 0 Å². The zero-order valence-corrected chi connectivity index (χ0v) is 18.1. The highest BCUT2D eigenvalue weighted by atomic mass is 16.5. The van der Waals surface area contributed by atoms with Crippen LogP contribution in [0.2, 0.25) is 0 Å². The highest BCUT2D eigenvalue weighted by Gasteiger charge is 2.27. The second-order valence-corrected chi connectivity index (χ2v) is 7.67. The van der Waals surface area contributed by atoms with Gasteiger partial charge in [0.2, 0.25) is 11.9 Å². The van der Waals surface area contributed by atoms with Crippen LogP contribution in [-0.2, 0) is 9.59 Å². The van der Waals surface area contributed by atoms with E-state index < -0.39 is 36.7 Å². The van der Waals surface area contributed by atoms with Crippen LogP contribution in [0.25, 0.3) is 0 Å². The van der Waals surface area contributed by atoms with Crippen molar-refractivity contribution in [1.82, 2.24) is 15.0 Å². The number of aromatic amines is 1. The van der Waals surface area contributed by atoms with Gasteiger partial charge in [0.15, 0.2) is 5.82 Å². The van der Waals surface area contributed by atoms with Crippen molar-refractivity contribution in [1.29, 1.82) is 0 Å². The zero-order valence-electron chi connectivity index (χ0n) is 18.1. The number of amides is 1. The molecule has 0 aliphatic carbocycles. The van der Waals surface area contributed by atoms with E-state index in [-0.39, 0.29) is 28.2 Å². The van der Waals surface area contributed by atoms with Crippen LogP contribution in [0.5, 0.6) is 0 Å². The van der Waals surface area contributed by atoms with Crippen molar-refractivity contribution in [2.45, 2.75) is 24.9 Å². The monoisotopic (exact) mass is 474 g/mol. The van der Waals surface area contributed by atoms with Gasteiger partial charge in [-0.25, -0.2) is 0 Å². The molecule has 1 aromatic carbocycles. The highest BCUT2D eigenvalue weighted by Crippen LogP contribution is 2.25. The van der Waals surface area contributed by atoms with Crippen molar-refractivity contribution in [2.75, 3.05) is 41.4 Å². The van der Waals surface area contributed by atoms with E-state index in [1.54, 1.807) is 24.1 Å². The van der Waals surface area contributed by atoms with Gasteiger partial charge in [0.1, 0.15) is 11.7 Å². The summed E-state index contributed by atoms with van der Waals surface area (Å²) in [7, 11) is 1.76. The van der Waals surface area contributed by atoms with Crippen LogP contribution < -0.4 is 26.8 Å². The minimum atomic E-state index is -1.80. The number of nitrogens with zero attached hydrogens (tertiary/aromatic N) is 3. The fourth-order valence-electron chi connectivity index (χ4n) is 3.51. The predicted molar refractivity (Wildman–Crippen MR) is 123 cm³/mol. The van der Waals surface area contributed by atoms with Gasteiger partial charge < -0.3 is 41.8 Å². The molecule has 1 aliphatic heterocycles. The number of nitrogen functional groups attached to an aromatic ring is 1. The lowest BCUT2D eigenvalue weighted by molar-refractivity contribution is -0.142. The summed E-state index contributed by atoms with van der Waals surface area (Å²) in [5, 5.41) is 36.1. The molecule has 14 heteroatoms. The Morgan fingerprint density at radius 3 is 2.62 bits per heavy atom. The molecule has 1 aliphatic rings. The van der Waals surface area contributed by atoms with E-state index in [1.807, 2.05) is 0 Å². The molecule has 0 radical (unpaired) electrons. The molecule has 2 atom stereocenters. The first-order chi connectivity index (χ1) is 16.1. The number of nitrogens with one attached hydrogen (secondary N) is 3. The smallest absolute Gasteiger partial charge is 0.325 e. The first-order valence-corrected chi connectivity index (χ1v) is 10.2. The average Bonchev–Trinajstić information content (AvgIpc) is 2.77. The Morgan fingerprint density at radius 2 is 2.00 bits per heavy atom. The summed E-state index contributed by atoms with van der Waals surface area (Å²) in [6, 6.07) is 3.90. The van der Waals surface area contributed by atoms with Crippen LogP contribution in [0, 0.1) is 5.21 Å². The minimum absolute atomic E-state index is 0.0177. The molecular weight excluding hydrogens is 450 g/mol. The number of likely N-dealkylation sites (N-methyl/N-ethyl adjacent to an activating group) is 1. The van der Waals surface area contributed by atoms with Crippen molar-refractivity contribution < 1.29 is 24.6 Å². The third-order valence-electron chi connectivity index (χ3n) is 5.39. The van der Waals surface area contributed by atoms with Crippen LogP contribution in [0.3, 0.4) is 0 Å². The van der Waals surface area contributed by atoms with Gasteiger partial charge in [-0.2, -0.15) is 4.98 Å². The van der Waals surface area contributed by atoms with Crippen molar-refractivity contribution in [3.05, 3.63) is 45.4 Å². The number of carboxylic acids is 2. The molecular formula is C20H24N7O7-. The molecule has 182 valence electrons. The first-order valence-electron chi connectivity index (χ1n) is 10.2. The van der Waals surface area contributed by atoms with Crippen molar-refractivity contribution in [3.8, 4) is 0 Å². The average molecular weight is 474 g/mol. The van der Waals surface area contributed by atoms with E-state index in [4.69, 9.17) is 15.9 Å². The number of benzene rings is 1. The van der Waals surface area contributed by atoms with Gasteiger partial charge in [0, 0.05) is 37.8 Å². The highest BCUT2D eigenvalue weighted by molar-refractivity contribution is 5.97. The maximum absolute atomic E-state index is 12.4. The van der Waals surface area contributed by atoms with Crippen LogP contribution in [0.1, 0.15) is 23.2 Å². The number of hydroxylamine groups is 2. The summed E-state index contributed by atoms with van der Waals surface area (Å²) in [5.74, 6) is -3.51. The molecule has 0 bridgehead atoms. The molecule has 1 aromatic heterocycles. The van der Waals surface area contributed by atoms with Gasteiger partial charge in [-0.1, -0.05) is 0 Å². The Bertz CT molecular complexity index is 1140. The number of hydrogen-bond donors (Lipinski definition) is 6. The molecule has 34 heavy (non-hydrogen) atoms. The Morgan fingerprint density at radius 1 is 1.32 bits per heavy atom. The van der Waals surface area contributed by atoms with E-state index in [2.05, 4.69) is 20.6 Å². The summed E-state index contributed by atoms with van der Waals surface area (Å²) in [6.45, 7) is 0.908. The molecule has 14 nitrogen and oxygen atoms in total. The molecule has 2 heterocycles. The van der Waals surface area contributed by atoms with E-state index in [0.717, 1.165) is 0 Å². The Hall–Kier alpha value is -4.33. The van der Waals surface area contributed by atoms with Crippen molar-refractivity contribution in [3.63, 3.8) is 0 Å². The number of carboxylic acid groups (broad SMARTS) is 2. The Labute approximate surface area is 193 Å². The summed E-state index contributed by atoms with van der Waals surface area (Å²) in [6.07, 6.45) is -1.06. The molecule has 0 saturated heterocycles. The standard InChI is InChI=1S/C20H24N7O7/c1-26-12(9-23-16-15(26)17(30)25-20(21)24-16)8-22-11-4-2-10(3-5-11)18(31)27(34)13(19(32)33)6-7-14(28)29/h2-5,12-13,22H,6-9H2,1H3,(H,28,29)(H,32,33)(H4,21,23,24,25,30)/q-1/t12?,13-/m0/s1. The van der Waals surface area contributed by atoms with E-state index in [0.29, 0.717) is 30.3 Å². The fourth-order valence-corrected chi connectivity index (χ4v) is 3.51. The number of carbonyl (C=O) groups is 3. The normalized spacial score (nSPS) is 15.6. The number of hydrogen-bond acceptors (Lipinski definition) is 10. The van der Waals surface area contributed by atoms with E-state index in [9.17, 15) is 24.4 Å². The van der Waals surface area contributed by atoms with Crippen LogP contribution in [-0.4, -0.2) is 75.3 Å². The SMILES string of the molecule is CN1c2c(nc(N)[nH]c2=O)NCC1CNc1ccc(C(=O)N([O-])[C@@H](CCC(=O)O)C(=O)O)cc1. The summed E-state index contributed by atoms with van der Waals surface area (Å²) in [4.78, 5) is 54.9. The number of rotatable bonds is 9. The number of anilines is 4. The van der Waals surface area contributed by atoms with Crippen LogP contribution in [0.4, 0.5) is 23.1 Å². The van der Waals surface area contributed by atoms with Crippen LogP contribution >= 0.6 is 0 Å². The van der Waals surface area contributed by atoms with E-state index >= 15 is 0 Å². The second kappa shape index (κ2) is 10.1. The third kappa shape index (κ3) is 5.35. The lowest BCUT2D eigenvalue weighted by Gasteiger charge is -2.35. The van der Waals surface area contributed by atoms with Gasteiger partial charge in [-0.15, -0.1) is 0 Å². The molecule has 0 saturated carbocycles. The number of fused-ring (bicyclic) bond motifs is 1. The minimum Gasteiger partial charge on any atom is -0.755 e. The number of H-pyrrole nitrogens is 1. The zero-order chi connectivity index (χ0) is 25.0. The Kier molecular flexibility index (Phi) is 7.21. The molecule has 0 spiro atoms. The topological polar surface area (TPSA) is 217 Å². The summed E-state index contributed by atoms with van der Waals surface area (Å²) < 4.78 is 0. The fraction of sp³-hybridized carbons (Fsp3) is 0.350. The number of carbonyl (C=O) groups excluding carboxylic acids is 1. The van der Waals surface area contributed by atoms with Gasteiger partial charge in [0.05, 0.1) is 6.04 Å². The molecule has 1 unspecified atom stereocenters. The predicted octanol–water partition coefficient (Wildman–Crippen LogP) is -0.0475. The maximum Gasteiger partial charge on any atom is 0.325 e. The number of aromatic nitrogens is 2. The lowest BCUT2D eigenvalue weighted by atomic mass is 10.1. The van der Waals surface area contributed by atoms with Crippen LogP contribution in [0.15, 0.2) is 29.1 Å². The Balaban J connectivity index is 1.62. The van der Waals surface area contributed by atoms with E-state index in [1.165, 1.54) is 12.1 Å². The molecule has 3 rings (SSSR count). The molecule has 2 aromatic rings. The third-order valence-corrected chi connectivity index (χ3v) is 5.39. The molecule has 1 amide bonds. The number of aliphatic carboxylic acids is 2. The summed E-state index contributed by atoms with van der Waals surface area (Å²) >= 11 is 0. The quantitative estimate of drug-likeness (QED) is 0.264. The largest absolute Gasteiger partial charge is 0.755 e. The lowest BCUT2D eigenvalue weighted by Crippen LogP contribution is -2.48. The van der Waals surface area contributed by atoms with Crippen molar-refractivity contribution >= 4 is 41.0 Å². The molecule has 0 fully saturated rings. The maximum atomic E-state index is 12.4. The number of nitrogens with two attached hydrogens (primary N) is 1. The summed E-state index contributed by atoms with van der Waals surface area (Å²) in [5.41, 5.74) is 6.15. The second-order valence-electron chi connectivity index (χ2n) is 7.67. The molecule has 7 N–H and O–H groups in total.